The second-order valence-electron chi connectivity index (χ2n) is 3.49. The molecule has 3 heteroatoms. The summed E-state index contributed by atoms with van der Waals surface area (Å²) < 4.78 is 10.7. The highest BCUT2D eigenvalue weighted by molar-refractivity contribution is 7.99. The molecule has 90 valence electrons. The molecule has 0 bridgehead atoms. The van der Waals surface area contributed by atoms with Crippen LogP contribution < -0.4 is 9.47 Å². The molecule has 0 saturated carbocycles. The second-order valence-corrected chi connectivity index (χ2v) is 4.71. The second kappa shape index (κ2) is 8.34. The van der Waals surface area contributed by atoms with E-state index in [2.05, 4.69) is 6.92 Å². The summed E-state index contributed by atoms with van der Waals surface area (Å²) in [5.74, 6) is 4.22. The lowest BCUT2D eigenvalue weighted by Crippen LogP contribution is -1.98. The Morgan fingerprint density at radius 2 is 1.75 bits per heavy atom. The minimum Gasteiger partial charge on any atom is -0.497 e. The molecule has 0 spiro atoms. The summed E-state index contributed by atoms with van der Waals surface area (Å²) in [6.07, 6.45) is 2.36. The number of ether oxygens (including phenoxy) is 2. The van der Waals surface area contributed by atoms with Gasteiger partial charge in [-0.05, 0) is 48.6 Å². The van der Waals surface area contributed by atoms with Crippen LogP contribution in [0.1, 0.15) is 19.8 Å². The fourth-order valence-electron chi connectivity index (χ4n) is 1.27. The molecule has 0 N–H and O–H groups in total. The van der Waals surface area contributed by atoms with Crippen LogP contribution in [-0.2, 0) is 0 Å². The molecular formula is C13H20O2S. The van der Waals surface area contributed by atoms with Gasteiger partial charge in [0, 0.05) is 0 Å². The lowest BCUT2D eigenvalue weighted by molar-refractivity contribution is 0.318. The SMILES string of the molecule is CCCSCCCOc1ccc(OC)cc1. The highest BCUT2D eigenvalue weighted by Gasteiger charge is 1.95. The van der Waals surface area contributed by atoms with Crippen LogP contribution in [0.3, 0.4) is 0 Å². The normalized spacial score (nSPS) is 10.1. The van der Waals surface area contributed by atoms with Gasteiger partial charge < -0.3 is 9.47 Å². The third-order valence-corrected chi connectivity index (χ3v) is 3.38. The van der Waals surface area contributed by atoms with Crippen LogP contribution in [-0.4, -0.2) is 25.2 Å². The molecule has 0 radical (unpaired) electrons. The van der Waals surface area contributed by atoms with Gasteiger partial charge >= 0.3 is 0 Å². The molecule has 0 aliphatic carbocycles. The van der Waals surface area contributed by atoms with Crippen molar-refractivity contribution in [2.75, 3.05) is 25.2 Å². The van der Waals surface area contributed by atoms with E-state index in [0.29, 0.717) is 0 Å². The fourth-order valence-corrected chi connectivity index (χ4v) is 2.08. The molecule has 0 aromatic heterocycles. The Kier molecular flexibility index (Phi) is 6.90. The Morgan fingerprint density at radius 1 is 1.06 bits per heavy atom. The van der Waals surface area contributed by atoms with Crippen LogP contribution in [0.4, 0.5) is 0 Å². The van der Waals surface area contributed by atoms with Crippen molar-refractivity contribution in [3.63, 3.8) is 0 Å². The van der Waals surface area contributed by atoms with Gasteiger partial charge in [0.05, 0.1) is 13.7 Å². The highest BCUT2D eigenvalue weighted by atomic mass is 32.2. The molecule has 2 nitrogen and oxygen atoms in total. The zero-order chi connectivity index (χ0) is 11.6. The smallest absolute Gasteiger partial charge is 0.119 e. The zero-order valence-corrected chi connectivity index (χ0v) is 10.9. The van der Waals surface area contributed by atoms with Crippen LogP contribution in [0.15, 0.2) is 24.3 Å². The Labute approximate surface area is 102 Å². The molecule has 1 aromatic rings. The topological polar surface area (TPSA) is 18.5 Å². The van der Waals surface area contributed by atoms with Crippen molar-refractivity contribution in [3.8, 4) is 11.5 Å². The number of thioether (sulfide) groups is 1. The van der Waals surface area contributed by atoms with Gasteiger partial charge in [0.1, 0.15) is 11.5 Å². The largest absolute Gasteiger partial charge is 0.497 e. The summed E-state index contributed by atoms with van der Waals surface area (Å²) in [5, 5.41) is 0. The first kappa shape index (κ1) is 13.2. The maximum atomic E-state index is 5.62. The molecule has 0 saturated heterocycles. The fraction of sp³-hybridized carbons (Fsp3) is 0.538. The quantitative estimate of drug-likeness (QED) is 0.647. The molecule has 1 rings (SSSR count). The van der Waals surface area contributed by atoms with Crippen LogP contribution >= 0.6 is 11.8 Å². The van der Waals surface area contributed by atoms with E-state index < -0.39 is 0 Å². The predicted octanol–water partition coefficient (Wildman–Crippen LogP) is 3.61. The standard InChI is InChI=1S/C13H20O2S/c1-3-10-16-11-4-9-15-13-7-5-12(14-2)6-8-13/h5-8H,3-4,9-11H2,1-2H3. The van der Waals surface area contributed by atoms with E-state index in [9.17, 15) is 0 Å². The van der Waals surface area contributed by atoms with Gasteiger partial charge in [-0.3, -0.25) is 0 Å². The van der Waals surface area contributed by atoms with E-state index in [1.54, 1.807) is 7.11 Å². The van der Waals surface area contributed by atoms with Crippen LogP contribution in [0.2, 0.25) is 0 Å². The van der Waals surface area contributed by atoms with Crippen LogP contribution in [0.5, 0.6) is 11.5 Å². The van der Waals surface area contributed by atoms with E-state index in [1.165, 1.54) is 17.9 Å². The van der Waals surface area contributed by atoms with Gasteiger partial charge in [-0.1, -0.05) is 6.92 Å². The third-order valence-electron chi connectivity index (χ3n) is 2.11. The molecule has 0 heterocycles. The van der Waals surface area contributed by atoms with Crippen LogP contribution in [0, 0.1) is 0 Å². The minimum absolute atomic E-state index is 0.795. The van der Waals surface area contributed by atoms with Gasteiger partial charge in [0.15, 0.2) is 0 Å². The van der Waals surface area contributed by atoms with Crippen molar-refractivity contribution in [3.05, 3.63) is 24.3 Å². The Balaban J connectivity index is 2.12. The van der Waals surface area contributed by atoms with Crippen LogP contribution in [0.25, 0.3) is 0 Å². The number of hydrogen-bond acceptors (Lipinski definition) is 3. The average molecular weight is 240 g/mol. The van der Waals surface area contributed by atoms with Crippen molar-refractivity contribution < 1.29 is 9.47 Å². The molecule has 0 amide bonds. The van der Waals surface area contributed by atoms with Crippen molar-refractivity contribution in [2.24, 2.45) is 0 Å². The molecule has 0 atom stereocenters. The van der Waals surface area contributed by atoms with Gasteiger partial charge in [-0.15, -0.1) is 0 Å². The number of hydrogen-bond donors (Lipinski definition) is 0. The summed E-state index contributed by atoms with van der Waals surface area (Å²) in [6, 6.07) is 7.72. The highest BCUT2D eigenvalue weighted by Crippen LogP contribution is 2.17. The molecule has 1 aromatic carbocycles. The number of rotatable bonds is 8. The first-order valence-corrected chi connectivity index (χ1v) is 6.87. The first-order chi connectivity index (χ1) is 7.86. The van der Waals surface area contributed by atoms with Gasteiger partial charge in [-0.25, -0.2) is 0 Å². The summed E-state index contributed by atoms with van der Waals surface area (Å²) in [5.41, 5.74) is 0. The third kappa shape index (κ3) is 5.31. The summed E-state index contributed by atoms with van der Waals surface area (Å²) in [7, 11) is 1.67. The Hall–Kier alpha value is -0.830. The van der Waals surface area contributed by atoms with E-state index in [1.807, 2.05) is 36.0 Å². The van der Waals surface area contributed by atoms with E-state index in [0.717, 1.165) is 24.5 Å². The molecule has 16 heavy (non-hydrogen) atoms. The van der Waals surface area contributed by atoms with E-state index in [-0.39, 0.29) is 0 Å². The molecular weight excluding hydrogens is 220 g/mol. The Morgan fingerprint density at radius 3 is 2.38 bits per heavy atom. The average Bonchev–Trinajstić information content (AvgIpc) is 2.34. The van der Waals surface area contributed by atoms with Gasteiger partial charge in [-0.2, -0.15) is 11.8 Å². The van der Waals surface area contributed by atoms with E-state index >= 15 is 0 Å². The maximum absolute atomic E-state index is 5.62. The Bertz CT molecular complexity index is 272. The summed E-state index contributed by atoms with van der Waals surface area (Å²) >= 11 is 1.99. The van der Waals surface area contributed by atoms with Gasteiger partial charge in [0.2, 0.25) is 0 Å². The van der Waals surface area contributed by atoms with Crippen molar-refractivity contribution in [1.82, 2.24) is 0 Å². The first-order valence-electron chi connectivity index (χ1n) is 5.71. The minimum atomic E-state index is 0.795. The number of methoxy groups -OCH3 is 1. The molecule has 0 aliphatic heterocycles. The molecule has 0 fully saturated rings. The predicted molar refractivity (Wildman–Crippen MR) is 70.7 cm³/mol. The zero-order valence-electron chi connectivity index (χ0n) is 10.1. The van der Waals surface area contributed by atoms with Gasteiger partial charge in [0.25, 0.3) is 0 Å². The molecule has 0 aliphatic rings. The summed E-state index contributed by atoms with van der Waals surface area (Å²) in [4.78, 5) is 0. The lowest BCUT2D eigenvalue weighted by atomic mass is 10.3. The van der Waals surface area contributed by atoms with Crippen molar-refractivity contribution in [2.45, 2.75) is 19.8 Å². The van der Waals surface area contributed by atoms with Crippen molar-refractivity contribution in [1.29, 1.82) is 0 Å². The van der Waals surface area contributed by atoms with E-state index in [4.69, 9.17) is 9.47 Å². The monoisotopic (exact) mass is 240 g/mol. The maximum Gasteiger partial charge on any atom is 0.119 e. The summed E-state index contributed by atoms with van der Waals surface area (Å²) in [6.45, 7) is 3.00. The lowest BCUT2D eigenvalue weighted by Gasteiger charge is -2.06. The molecule has 0 unspecified atom stereocenters. The van der Waals surface area contributed by atoms with Crippen molar-refractivity contribution >= 4 is 11.8 Å². The number of benzene rings is 1.